The number of hydrogen-bond donors (Lipinski definition) is 1. The van der Waals surface area contributed by atoms with Gasteiger partial charge in [0.15, 0.2) is 0 Å². The van der Waals surface area contributed by atoms with Gasteiger partial charge in [0.2, 0.25) is 0 Å². The van der Waals surface area contributed by atoms with E-state index in [2.05, 4.69) is 12.2 Å². The Morgan fingerprint density at radius 1 is 1.05 bits per heavy atom. The molecule has 118 valence electrons. The smallest absolute Gasteiger partial charge is 0.311 e. The van der Waals surface area contributed by atoms with Crippen LogP contribution in [0, 0.1) is 5.92 Å². The van der Waals surface area contributed by atoms with Crippen molar-refractivity contribution in [2.45, 2.75) is 70.1 Å². The highest BCUT2D eigenvalue weighted by molar-refractivity contribution is 4.86. The molecule has 0 bridgehead atoms. The lowest BCUT2D eigenvalue weighted by Gasteiger charge is -2.38. The summed E-state index contributed by atoms with van der Waals surface area (Å²) in [5, 5.41) is 3.73. The van der Waals surface area contributed by atoms with Gasteiger partial charge in [-0.25, -0.2) is 0 Å². The number of nitrogens with one attached hydrogen (secondary N) is 1. The van der Waals surface area contributed by atoms with Gasteiger partial charge in [0.1, 0.15) is 0 Å². The van der Waals surface area contributed by atoms with Crippen LogP contribution >= 0.6 is 0 Å². The number of hydrogen-bond acceptors (Lipinski definition) is 2. The number of halogens is 3. The molecule has 0 aromatic rings. The minimum Gasteiger partial charge on any atom is -0.311 e. The highest BCUT2D eigenvalue weighted by atomic mass is 19.4. The van der Waals surface area contributed by atoms with E-state index in [0.29, 0.717) is 25.2 Å². The van der Waals surface area contributed by atoms with Gasteiger partial charge in [0, 0.05) is 12.1 Å². The van der Waals surface area contributed by atoms with Crippen LogP contribution in [0.1, 0.15) is 51.9 Å². The zero-order valence-electron chi connectivity index (χ0n) is 12.4. The maximum absolute atomic E-state index is 12.3. The molecular formula is C15H27F3N2. The number of alkyl halides is 3. The van der Waals surface area contributed by atoms with Gasteiger partial charge in [0.25, 0.3) is 0 Å². The van der Waals surface area contributed by atoms with Gasteiger partial charge in [-0.2, -0.15) is 13.2 Å². The number of nitrogens with zero attached hydrogens (tertiary/aromatic N) is 1. The van der Waals surface area contributed by atoms with Crippen LogP contribution in [0.3, 0.4) is 0 Å². The molecule has 1 aliphatic carbocycles. The molecule has 1 saturated carbocycles. The molecule has 0 spiro atoms. The summed E-state index contributed by atoms with van der Waals surface area (Å²) in [4.78, 5) is 1.54. The highest BCUT2D eigenvalue weighted by Gasteiger charge is 2.33. The fraction of sp³-hybridized carbons (Fsp3) is 1.00. The number of likely N-dealkylation sites (tertiary alicyclic amines) is 1. The van der Waals surface area contributed by atoms with Crippen molar-refractivity contribution >= 4 is 0 Å². The maximum atomic E-state index is 12.3. The summed E-state index contributed by atoms with van der Waals surface area (Å²) in [6.45, 7) is 2.64. The quantitative estimate of drug-likeness (QED) is 0.852. The Morgan fingerprint density at radius 2 is 1.70 bits per heavy atom. The first-order valence-corrected chi connectivity index (χ1v) is 8.03. The third-order valence-corrected chi connectivity index (χ3v) is 4.87. The predicted octanol–water partition coefficient (Wildman–Crippen LogP) is 3.57. The van der Waals surface area contributed by atoms with Gasteiger partial charge in [-0.1, -0.05) is 26.2 Å². The lowest BCUT2D eigenvalue weighted by molar-refractivity contribution is -0.148. The van der Waals surface area contributed by atoms with Crippen molar-refractivity contribution in [1.82, 2.24) is 10.2 Å². The van der Waals surface area contributed by atoms with Gasteiger partial charge in [0.05, 0.1) is 6.54 Å². The third-order valence-electron chi connectivity index (χ3n) is 4.87. The topological polar surface area (TPSA) is 15.3 Å². The second-order valence-corrected chi connectivity index (χ2v) is 6.39. The maximum Gasteiger partial charge on any atom is 0.401 e. The van der Waals surface area contributed by atoms with Crippen molar-refractivity contribution in [3.8, 4) is 0 Å². The molecule has 2 nitrogen and oxygen atoms in total. The zero-order valence-corrected chi connectivity index (χ0v) is 12.4. The summed E-state index contributed by atoms with van der Waals surface area (Å²) in [7, 11) is 0. The van der Waals surface area contributed by atoms with Gasteiger partial charge in [-0.15, -0.1) is 0 Å². The van der Waals surface area contributed by atoms with Crippen LogP contribution in [0.25, 0.3) is 0 Å². The molecule has 1 aliphatic heterocycles. The average molecular weight is 292 g/mol. The molecule has 1 saturated heterocycles. The minimum atomic E-state index is -4.06. The monoisotopic (exact) mass is 292 g/mol. The summed E-state index contributed by atoms with van der Waals surface area (Å²) in [5.41, 5.74) is 0. The fourth-order valence-electron chi connectivity index (χ4n) is 3.73. The zero-order chi connectivity index (χ0) is 14.6. The molecule has 2 atom stereocenters. The Kier molecular flexibility index (Phi) is 5.73. The second-order valence-electron chi connectivity index (χ2n) is 6.39. The summed E-state index contributed by atoms with van der Waals surface area (Å²) in [6, 6.07) is 1.00. The molecule has 2 unspecified atom stereocenters. The van der Waals surface area contributed by atoms with Crippen LogP contribution in [-0.4, -0.2) is 42.8 Å². The first-order valence-electron chi connectivity index (χ1n) is 8.03. The molecule has 0 aromatic heterocycles. The first kappa shape index (κ1) is 16.1. The molecule has 1 heterocycles. The Hall–Kier alpha value is -0.290. The van der Waals surface area contributed by atoms with Crippen LogP contribution in [0.2, 0.25) is 0 Å². The van der Waals surface area contributed by atoms with Crippen LogP contribution in [0.4, 0.5) is 13.2 Å². The first-order chi connectivity index (χ1) is 9.48. The van der Waals surface area contributed by atoms with E-state index in [1.807, 2.05) is 0 Å². The molecule has 0 radical (unpaired) electrons. The van der Waals surface area contributed by atoms with Crippen molar-refractivity contribution < 1.29 is 13.2 Å². The summed E-state index contributed by atoms with van der Waals surface area (Å²) < 4.78 is 37.0. The van der Waals surface area contributed by atoms with Gasteiger partial charge < -0.3 is 5.32 Å². The number of piperidine rings is 1. The lowest BCUT2D eigenvalue weighted by Crippen LogP contribution is -2.50. The van der Waals surface area contributed by atoms with E-state index in [9.17, 15) is 13.2 Å². The van der Waals surface area contributed by atoms with Crippen molar-refractivity contribution in [3.63, 3.8) is 0 Å². The van der Waals surface area contributed by atoms with Crippen LogP contribution < -0.4 is 5.32 Å². The molecule has 20 heavy (non-hydrogen) atoms. The number of rotatable bonds is 4. The molecular weight excluding hydrogens is 265 g/mol. The van der Waals surface area contributed by atoms with E-state index >= 15 is 0 Å². The Labute approximate surface area is 120 Å². The molecule has 1 N–H and O–H groups in total. The van der Waals surface area contributed by atoms with Crippen molar-refractivity contribution in [2.75, 3.05) is 19.6 Å². The molecule has 2 fully saturated rings. The third kappa shape index (κ3) is 4.92. The van der Waals surface area contributed by atoms with E-state index < -0.39 is 12.7 Å². The van der Waals surface area contributed by atoms with Crippen molar-refractivity contribution in [2.24, 2.45) is 5.92 Å². The van der Waals surface area contributed by atoms with E-state index in [0.717, 1.165) is 18.8 Å². The van der Waals surface area contributed by atoms with Gasteiger partial charge in [-0.3, -0.25) is 4.90 Å². The van der Waals surface area contributed by atoms with E-state index in [1.165, 1.54) is 37.0 Å². The molecule has 0 amide bonds. The largest absolute Gasteiger partial charge is 0.401 e. The lowest BCUT2D eigenvalue weighted by atomic mass is 9.82. The SMILES string of the molecule is CCC1CCCCC1NC1CCN(CC(F)(F)F)CC1. The Bertz CT molecular complexity index is 285. The normalized spacial score (nSPS) is 30.6. The van der Waals surface area contributed by atoms with Gasteiger partial charge in [-0.05, 0) is 44.7 Å². The van der Waals surface area contributed by atoms with E-state index in [4.69, 9.17) is 0 Å². The fourth-order valence-corrected chi connectivity index (χ4v) is 3.73. The van der Waals surface area contributed by atoms with Crippen LogP contribution in [0.5, 0.6) is 0 Å². The standard InChI is InChI=1S/C15H27F3N2/c1-2-12-5-3-4-6-14(12)19-13-7-9-20(10-8-13)11-15(16,17)18/h12-14,19H,2-11H2,1H3. The summed E-state index contributed by atoms with van der Waals surface area (Å²) in [5.74, 6) is 0.761. The van der Waals surface area contributed by atoms with Gasteiger partial charge >= 0.3 is 6.18 Å². The second kappa shape index (κ2) is 7.12. The Morgan fingerprint density at radius 3 is 2.30 bits per heavy atom. The minimum absolute atomic E-state index is 0.414. The molecule has 5 heteroatoms. The van der Waals surface area contributed by atoms with E-state index in [-0.39, 0.29) is 0 Å². The van der Waals surface area contributed by atoms with Crippen LogP contribution in [0.15, 0.2) is 0 Å². The van der Waals surface area contributed by atoms with E-state index in [1.54, 1.807) is 0 Å². The molecule has 2 aliphatic rings. The molecule has 0 aromatic carbocycles. The van der Waals surface area contributed by atoms with Crippen molar-refractivity contribution in [1.29, 1.82) is 0 Å². The summed E-state index contributed by atoms with van der Waals surface area (Å²) >= 11 is 0. The highest BCUT2D eigenvalue weighted by Crippen LogP contribution is 2.28. The molecule has 2 rings (SSSR count). The predicted molar refractivity (Wildman–Crippen MR) is 74.7 cm³/mol. The average Bonchev–Trinajstić information content (AvgIpc) is 2.40. The Balaban J connectivity index is 1.73. The van der Waals surface area contributed by atoms with Crippen molar-refractivity contribution in [3.05, 3.63) is 0 Å². The van der Waals surface area contributed by atoms with Crippen LogP contribution in [-0.2, 0) is 0 Å². The summed E-state index contributed by atoms with van der Waals surface area (Å²) in [6.07, 6.45) is 4.03.